The number of carbonyl (C=O) groups excluding carboxylic acids is 1. The van der Waals surface area contributed by atoms with Crippen LogP contribution in [-0.4, -0.2) is 24.7 Å². The topological polar surface area (TPSA) is 66.9 Å². The van der Waals surface area contributed by atoms with E-state index < -0.39 is 11.9 Å². The van der Waals surface area contributed by atoms with Gasteiger partial charge in [-0.25, -0.2) is 8.78 Å². The molecule has 8 heteroatoms. The van der Waals surface area contributed by atoms with Gasteiger partial charge in [0.1, 0.15) is 29.2 Å². The van der Waals surface area contributed by atoms with Gasteiger partial charge in [-0.1, -0.05) is 12.1 Å². The molecule has 0 fully saturated rings. The highest BCUT2D eigenvalue weighted by Crippen LogP contribution is 2.45. The third kappa shape index (κ3) is 5.53. The van der Waals surface area contributed by atoms with Gasteiger partial charge < -0.3 is 18.9 Å². The Hall–Kier alpha value is -4.46. The standard InChI is InChI=1S/C34H31F2NO5/c1-19-14-23(15-20(2)37-19)21-4-10-30(28(36)16-21)42-29-12-9-27(35)34-26(29)8-11-31(34)41-24-6-7-25-22(5-13-33(38)39-3)18-40-32(25)17-24/h4,6-7,9-10,12,14-17,22,31H,5,8,11,13,18H2,1-3H3/t22-,31-/m1/s1. The molecular weight excluding hydrogens is 540 g/mol. The second kappa shape index (κ2) is 11.4. The lowest BCUT2D eigenvalue weighted by Crippen LogP contribution is -2.06. The second-order valence-corrected chi connectivity index (χ2v) is 10.8. The number of halogens is 2. The molecular formula is C34H31F2NO5. The fraction of sp³-hybridized carbons (Fsp3) is 0.294. The Balaban J connectivity index is 1.19. The number of fused-ring (bicyclic) bond motifs is 2. The van der Waals surface area contributed by atoms with Crippen molar-refractivity contribution in [3.8, 4) is 34.1 Å². The molecule has 4 aromatic rings. The van der Waals surface area contributed by atoms with Gasteiger partial charge in [0.25, 0.3) is 0 Å². The lowest BCUT2D eigenvalue weighted by molar-refractivity contribution is -0.140. The quantitative estimate of drug-likeness (QED) is 0.200. The predicted octanol–water partition coefficient (Wildman–Crippen LogP) is 7.93. The minimum absolute atomic E-state index is 0.0666. The van der Waals surface area contributed by atoms with Gasteiger partial charge in [0, 0.05) is 46.5 Å². The molecule has 0 amide bonds. The number of rotatable bonds is 8. The maximum atomic E-state index is 15.2. The summed E-state index contributed by atoms with van der Waals surface area (Å²) in [5.41, 5.74) is 5.42. The Morgan fingerprint density at radius 2 is 1.74 bits per heavy atom. The van der Waals surface area contributed by atoms with Crippen molar-refractivity contribution in [3.63, 3.8) is 0 Å². The van der Waals surface area contributed by atoms with Crippen LogP contribution in [0.4, 0.5) is 8.78 Å². The molecule has 2 aliphatic rings. The highest BCUT2D eigenvalue weighted by Gasteiger charge is 2.32. The Morgan fingerprint density at radius 1 is 0.952 bits per heavy atom. The lowest BCUT2D eigenvalue weighted by atomic mass is 9.96. The van der Waals surface area contributed by atoms with Crippen LogP contribution in [-0.2, 0) is 16.0 Å². The summed E-state index contributed by atoms with van der Waals surface area (Å²) in [5.74, 6) is 0.699. The molecule has 3 aromatic carbocycles. The largest absolute Gasteiger partial charge is 0.493 e. The van der Waals surface area contributed by atoms with Crippen LogP contribution >= 0.6 is 0 Å². The lowest BCUT2D eigenvalue weighted by Gasteiger charge is -2.17. The monoisotopic (exact) mass is 571 g/mol. The smallest absolute Gasteiger partial charge is 0.305 e. The first-order valence-electron chi connectivity index (χ1n) is 14.0. The number of hydrogen-bond donors (Lipinski definition) is 0. The van der Waals surface area contributed by atoms with Crippen molar-refractivity contribution in [2.45, 2.75) is 51.6 Å². The second-order valence-electron chi connectivity index (χ2n) is 10.8. The summed E-state index contributed by atoms with van der Waals surface area (Å²) >= 11 is 0. The third-order valence-electron chi connectivity index (χ3n) is 7.87. The minimum Gasteiger partial charge on any atom is -0.493 e. The zero-order valence-electron chi connectivity index (χ0n) is 23.7. The molecule has 6 nitrogen and oxygen atoms in total. The predicted molar refractivity (Wildman–Crippen MR) is 153 cm³/mol. The van der Waals surface area contributed by atoms with Gasteiger partial charge in [-0.3, -0.25) is 9.78 Å². The van der Waals surface area contributed by atoms with Crippen molar-refractivity contribution in [3.05, 3.63) is 100 Å². The van der Waals surface area contributed by atoms with Crippen molar-refractivity contribution in [1.29, 1.82) is 0 Å². The molecule has 2 atom stereocenters. The summed E-state index contributed by atoms with van der Waals surface area (Å²) in [7, 11) is 1.38. The van der Waals surface area contributed by atoms with E-state index in [4.69, 9.17) is 18.9 Å². The van der Waals surface area contributed by atoms with E-state index >= 15 is 8.78 Å². The zero-order chi connectivity index (χ0) is 29.4. The van der Waals surface area contributed by atoms with Gasteiger partial charge >= 0.3 is 5.97 Å². The normalized spacial score (nSPS) is 16.9. The van der Waals surface area contributed by atoms with E-state index in [1.54, 1.807) is 12.1 Å². The van der Waals surface area contributed by atoms with E-state index in [1.165, 1.54) is 25.3 Å². The van der Waals surface area contributed by atoms with E-state index in [-0.39, 0.29) is 23.5 Å². The van der Waals surface area contributed by atoms with Crippen molar-refractivity contribution in [2.75, 3.05) is 13.7 Å². The summed E-state index contributed by atoms with van der Waals surface area (Å²) in [6.07, 6.45) is 1.51. The third-order valence-corrected chi connectivity index (χ3v) is 7.87. The molecule has 0 saturated carbocycles. The molecule has 1 aromatic heterocycles. The van der Waals surface area contributed by atoms with Crippen LogP contribution in [0.3, 0.4) is 0 Å². The van der Waals surface area contributed by atoms with Crippen molar-refractivity contribution in [2.24, 2.45) is 0 Å². The zero-order valence-corrected chi connectivity index (χ0v) is 23.7. The van der Waals surface area contributed by atoms with Crippen molar-refractivity contribution in [1.82, 2.24) is 4.98 Å². The summed E-state index contributed by atoms with van der Waals surface area (Å²) < 4.78 is 53.2. The maximum Gasteiger partial charge on any atom is 0.305 e. The minimum atomic E-state index is -0.525. The number of carbonyl (C=O) groups is 1. The van der Waals surface area contributed by atoms with Gasteiger partial charge in [0.05, 0.1) is 13.7 Å². The number of nitrogens with zero attached hydrogens (tertiary/aromatic N) is 1. The molecule has 0 bridgehead atoms. The van der Waals surface area contributed by atoms with Crippen molar-refractivity contribution < 1.29 is 32.5 Å². The molecule has 2 heterocycles. The summed E-state index contributed by atoms with van der Waals surface area (Å²) in [4.78, 5) is 15.9. The summed E-state index contributed by atoms with van der Waals surface area (Å²) in [6, 6.07) is 17.1. The molecule has 0 radical (unpaired) electrons. The van der Waals surface area contributed by atoms with Gasteiger partial charge in [-0.15, -0.1) is 0 Å². The number of aryl methyl sites for hydroxylation is 2. The van der Waals surface area contributed by atoms with Crippen LogP contribution in [0.1, 0.15) is 59.4 Å². The average molecular weight is 572 g/mol. The first-order chi connectivity index (χ1) is 20.3. The fourth-order valence-electron chi connectivity index (χ4n) is 5.87. The Labute approximate surface area is 243 Å². The van der Waals surface area contributed by atoms with E-state index in [9.17, 15) is 4.79 Å². The summed E-state index contributed by atoms with van der Waals surface area (Å²) in [6.45, 7) is 4.29. The van der Waals surface area contributed by atoms with E-state index in [0.717, 1.165) is 28.1 Å². The number of benzene rings is 3. The molecule has 0 spiro atoms. The Morgan fingerprint density at radius 3 is 2.50 bits per heavy atom. The van der Waals surface area contributed by atoms with E-state index in [0.29, 0.717) is 60.7 Å². The average Bonchev–Trinajstić information content (AvgIpc) is 3.58. The van der Waals surface area contributed by atoms with Gasteiger partial charge in [-0.2, -0.15) is 0 Å². The van der Waals surface area contributed by atoms with Gasteiger partial charge in [-0.05, 0) is 86.7 Å². The van der Waals surface area contributed by atoms with Crippen LogP contribution in [0.15, 0.2) is 60.7 Å². The first kappa shape index (κ1) is 27.7. The van der Waals surface area contributed by atoms with Crippen LogP contribution in [0.5, 0.6) is 23.0 Å². The van der Waals surface area contributed by atoms with Gasteiger partial charge in [0.2, 0.25) is 0 Å². The maximum absolute atomic E-state index is 15.2. The van der Waals surface area contributed by atoms with E-state index in [1.807, 2.05) is 44.2 Å². The Kier molecular flexibility index (Phi) is 7.54. The SMILES string of the molecule is COC(=O)CC[C@@H]1COc2cc(O[C@@H]3CCc4c(Oc5ccc(-c6cc(C)nc(C)c6)cc5F)ccc(F)c43)ccc21. The van der Waals surface area contributed by atoms with Gasteiger partial charge in [0.15, 0.2) is 11.6 Å². The highest BCUT2D eigenvalue weighted by atomic mass is 19.1. The number of pyridine rings is 1. The van der Waals surface area contributed by atoms with Crippen LogP contribution in [0.25, 0.3) is 11.1 Å². The first-order valence-corrected chi connectivity index (χ1v) is 14.0. The molecule has 216 valence electrons. The van der Waals surface area contributed by atoms with E-state index in [2.05, 4.69) is 4.98 Å². The molecule has 6 rings (SSSR count). The summed E-state index contributed by atoms with van der Waals surface area (Å²) in [5, 5.41) is 0. The molecule has 0 N–H and O–H groups in total. The molecule has 0 unspecified atom stereocenters. The Bertz CT molecular complexity index is 1650. The number of methoxy groups -OCH3 is 1. The molecule has 0 saturated heterocycles. The number of ether oxygens (including phenoxy) is 4. The fourth-order valence-corrected chi connectivity index (χ4v) is 5.87. The van der Waals surface area contributed by atoms with Crippen LogP contribution < -0.4 is 14.2 Å². The highest BCUT2D eigenvalue weighted by molar-refractivity contribution is 5.69. The van der Waals surface area contributed by atoms with Crippen LogP contribution in [0.2, 0.25) is 0 Å². The molecule has 1 aliphatic carbocycles. The number of aromatic nitrogens is 1. The number of hydrogen-bond acceptors (Lipinski definition) is 6. The molecule has 42 heavy (non-hydrogen) atoms. The van der Waals surface area contributed by atoms with Crippen LogP contribution in [0, 0.1) is 25.5 Å². The number of esters is 1. The molecule has 1 aliphatic heterocycles. The van der Waals surface area contributed by atoms with Crippen molar-refractivity contribution >= 4 is 5.97 Å².